The summed E-state index contributed by atoms with van der Waals surface area (Å²) in [5, 5.41) is 13.3. The van der Waals surface area contributed by atoms with Gasteiger partial charge in [-0.2, -0.15) is 5.26 Å². The zero-order chi connectivity index (χ0) is 15.9. The standard InChI is InChI=1S/C18H35N3/c1-6-21(7-2)14-13-20-18(15-19)11-8-9-16(10-12-18)17(3,4)5/h16,20H,6-14H2,1-5H3. The molecule has 0 aromatic heterocycles. The number of nitrogens with zero attached hydrogens (tertiary/aromatic N) is 2. The van der Waals surface area contributed by atoms with Crippen molar-refractivity contribution in [2.75, 3.05) is 26.2 Å². The number of nitriles is 1. The third-order valence-corrected chi connectivity index (χ3v) is 5.30. The van der Waals surface area contributed by atoms with Gasteiger partial charge in [-0.25, -0.2) is 0 Å². The smallest absolute Gasteiger partial charge is 0.106 e. The molecule has 2 unspecified atom stereocenters. The highest BCUT2D eigenvalue weighted by molar-refractivity contribution is 5.08. The largest absolute Gasteiger partial charge is 0.303 e. The van der Waals surface area contributed by atoms with E-state index in [1.165, 1.54) is 19.3 Å². The Hall–Kier alpha value is -0.590. The molecule has 1 aliphatic rings. The van der Waals surface area contributed by atoms with Crippen LogP contribution in [-0.4, -0.2) is 36.6 Å². The summed E-state index contributed by atoms with van der Waals surface area (Å²) in [5.41, 5.74) is 0.0832. The average molecular weight is 293 g/mol. The van der Waals surface area contributed by atoms with Gasteiger partial charge in [0.1, 0.15) is 5.54 Å². The zero-order valence-electron chi connectivity index (χ0n) is 14.8. The van der Waals surface area contributed by atoms with Crippen molar-refractivity contribution in [3.8, 4) is 6.07 Å². The van der Waals surface area contributed by atoms with Gasteiger partial charge >= 0.3 is 0 Å². The second-order valence-electron chi connectivity index (χ2n) is 7.64. The summed E-state index contributed by atoms with van der Waals surface area (Å²) in [6.07, 6.45) is 5.63. The molecule has 0 saturated heterocycles. The van der Waals surface area contributed by atoms with Gasteiger partial charge in [-0.05, 0) is 50.1 Å². The van der Waals surface area contributed by atoms with E-state index in [0.29, 0.717) is 5.41 Å². The quantitative estimate of drug-likeness (QED) is 0.757. The molecular formula is C18H35N3. The normalized spacial score (nSPS) is 27.4. The van der Waals surface area contributed by atoms with Crippen molar-refractivity contribution in [2.45, 2.75) is 72.3 Å². The van der Waals surface area contributed by atoms with Crippen LogP contribution in [0.4, 0.5) is 0 Å². The van der Waals surface area contributed by atoms with Crippen molar-refractivity contribution in [3.05, 3.63) is 0 Å². The van der Waals surface area contributed by atoms with Gasteiger partial charge in [0, 0.05) is 13.1 Å². The van der Waals surface area contributed by atoms with Crippen molar-refractivity contribution in [1.82, 2.24) is 10.2 Å². The fraction of sp³-hybridized carbons (Fsp3) is 0.944. The maximum Gasteiger partial charge on any atom is 0.106 e. The van der Waals surface area contributed by atoms with Crippen LogP contribution < -0.4 is 5.32 Å². The minimum atomic E-state index is -0.285. The second-order valence-corrected chi connectivity index (χ2v) is 7.64. The Morgan fingerprint density at radius 2 is 1.86 bits per heavy atom. The van der Waals surface area contributed by atoms with Crippen LogP contribution in [0, 0.1) is 22.7 Å². The molecule has 0 amide bonds. The van der Waals surface area contributed by atoms with Crippen LogP contribution in [0.3, 0.4) is 0 Å². The van der Waals surface area contributed by atoms with E-state index in [-0.39, 0.29) is 5.54 Å². The van der Waals surface area contributed by atoms with E-state index in [4.69, 9.17) is 0 Å². The van der Waals surface area contributed by atoms with Crippen molar-refractivity contribution in [1.29, 1.82) is 5.26 Å². The highest BCUT2D eigenvalue weighted by Gasteiger charge is 2.35. The summed E-state index contributed by atoms with van der Waals surface area (Å²) >= 11 is 0. The first-order valence-electron chi connectivity index (χ1n) is 8.75. The summed E-state index contributed by atoms with van der Waals surface area (Å²) in [6.45, 7) is 15.6. The monoisotopic (exact) mass is 293 g/mol. The molecule has 1 N–H and O–H groups in total. The molecule has 1 fully saturated rings. The van der Waals surface area contributed by atoms with E-state index in [1.54, 1.807) is 0 Å². The Balaban J connectivity index is 2.55. The predicted molar refractivity (Wildman–Crippen MR) is 90.2 cm³/mol. The minimum Gasteiger partial charge on any atom is -0.303 e. The summed E-state index contributed by atoms with van der Waals surface area (Å²) in [7, 11) is 0. The number of likely N-dealkylation sites (N-methyl/N-ethyl adjacent to an activating group) is 1. The second kappa shape index (κ2) is 8.15. The SMILES string of the molecule is CCN(CC)CCNC1(C#N)CCCC(C(C)(C)C)CC1. The van der Waals surface area contributed by atoms with Gasteiger partial charge in [0.15, 0.2) is 0 Å². The number of rotatable bonds is 6. The number of nitrogens with one attached hydrogen (secondary N) is 1. The van der Waals surface area contributed by atoms with Crippen LogP contribution in [-0.2, 0) is 0 Å². The van der Waals surface area contributed by atoms with Crippen molar-refractivity contribution in [3.63, 3.8) is 0 Å². The van der Waals surface area contributed by atoms with Gasteiger partial charge in [0.05, 0.1) is 6.07 Å². The summed E-state index contributed by atoms with van der Waals surface area (Å²) in [6, 6.07) is 2.61. The summed E-state index contributed by atoms with van der Waals surface area (Å²) in [4.78, 5) is 2.41. The van der Waals surface area contributed by atoms with Crippen LogP contribution in [0.1, 0.15) is 66.7 Å². The fourth-order valence-corrected chi connectivity index (χ4v) is 3.53. The van der Waals surface area contributed by atoms with E-state index in [9.17, 15) is 5.26 Å². The van der Waals surface area contributed by atoms with Crippen LogP contribution >= 0.6 is 0 Å². The molecule has 3 nitrogen and oxygen atoms in total. The zero-order valence-corrected chi connectivity index (χ0v) is 14.8. The third kappa shape index (κ3) is 5.60. The molecule has 2 atom stereocenters. The molecule has 0 heterocycles. The van der Waals surface area contributed by atoms with Crippen LogP contribution in [0.15, 0.2) is 0 Å². The van der Waals surface area contributed by atoms with Gasteiger partial charge in [0.25, 0.3) is 0 Å². The van der Waals surface area contributed by atoms with Crippen molar-refractivity contribution < 1.29 is 0 Å². The summed E-state index contributed by atoms with van der Waals surface area (Å²) < 4.78 is 0. The predicted octanol–water partition coefficient (Wildman–Crippen LogP) is 3.81. The van der Waals surface area contributed by atoms with Gasteiger partial charge in [-0.15, -0.1) is 0 Å². The van der Waals surface area contributed by atoms with Crippen LogP contribution in [0.2, 0.25) is 0 Å². The average Bonchev–Trinajstić information content (AvgIpc) is 2.66. The first-order valence-corrected chi connectivity index (χ1v) is 8.75. The van der Waals surface area contributed by atoms with Crippen LogP contribution in [0.25, 0.3) is 0 Å². The Morgan fingerprint density at radius 3 is 2.38 bits per heavy atom. The Morgan fingerprint density at radius 1 is 1.19 bits per heavy atom. The van der Waals surface area contributed by atoms with Crippen molar-refractivity contribution in [2.24, 2.45) is 11.3 Å². The minimum absolute atomic E-state index is 0.285. The lowest BCUT2D eigenvalue weighted by molar-refractivity contribution is 0.210. The van der Waals surface area contributed by atoms with Gasteiger partial charge < -0.3 is 4.90 Å². The molecule has 0 aromatic carbocycles. The topological polar surface area (TPSA) is 39.1 Å². The fourth-order valence-electron chi connectivity index (χ4n) is 3.53. The molecule has 122 valence electrons. The lowest BCUT2D eigenvalue weighted by Crippen LogP contribution is -2.47. The molecular weight excluding hydrogens is 258 g/mol. The first-order chi connectivity index (χ1) is 9.87. The maximum atomic E-state index is 9.71. The molecule has 21 heavy (non-hydrogen) atoms. The molecule has 0 radical (unpaired) electrons. The Labute approximate surface area is 132 Å². The molecule has 0 aliphatic heterocycles. The number of hydrogen-bond donors (Lipinski definition) is 1. The molecule has 1 saturated carbocycles. The van der Waals surface area contributed by atoms with Crippen molar-refractivity contribution >= 4 is 0 Å². The maximum absolute atomic E-state index is 9.71. The molecule has 0 spiro atoms. The Bertz CT molecular complexity index is 335. The highest BCUT2D eigenvalue weighted by Crippen LogP contribution is 2.39. The van der Waals surface area contributed by atoms with E-state index >= 15 is 0 Å². The third-order valence-electron chi connectivity index (χ3n) is 5.30. The van der Waals surface area contributed by atoms with E-state index in [2.05, 4.69) is 50.9 Å². The van der Waals surface area contributed by atoms with E-state index < -0.39 is 0 Å². The lowest BCUT2D eigenvalue weighted by Gasteiger charge is -2.31. The van der Waals surface area contributed by atoms with E-state index in [1.807, 2.05) is 0 Å². The number of hydrogen-bond acceptors (Lipinski definition) is 3. The van der Waals surface area contributed by atoms with E-state index in [0.717, 1.165) is 44.9 Å². The van der Waals surface area contributed by atoms with Crippen LogP contribution in [0.5, 0.6) is 0 Å². The van der Waals surface area contributed by atoms with Gasteiger partial charge in [0.2, 0.25) is 0 Å². The highest BCUT2D eigenvalue weighted by atomic mass is 15.1. The molecule has 0 aromatic rings. The summed E-state index contributed by atoms with van der Waals surface area (Å²) in [5.74, 6) is 0.748. The van der Waals surface area contributed by atoms with Gasteiger partial charge in [-0.1, -0.05) is 41.0 Å². The molecule has 3 heteroatoms. The molecule has 1 aliphatic carbocycles. The molecule has 0 bridgehead atoms. The lowest BCUT2D eigenvalue weighted by atomic mass is 9.76. The first kappa shape index (κ1) is 18.5. The van der Waals surface area contributed by atoms with Gasteiger partial charge in [-0.3, -0.25) is 5.32 Å². The Kier molecular flexibility index (Phi) is 7.16. The molecule has 1 rings (SSSR count).